The lowest BCUT2D eigenvalue weighted by molar-refractivity contribution is -0.00539. The molecular formula is C17H18FN3O3. The van der Waals surface area contributed by atoms with E-state index in [4.69, 9.17) is 13.7 Å². The lowest BCUT2D eigenvalue weighted by atomic mass is 10.1. The van der Waals surface area contributed by atoms with Gasteiger partial charge in [-0.1, -0.05) is 5.16 Å². The van der Waals surface area contributed by atoms with E-state index < -0.39 is 5.82 Å². The number of halogens is 1. The van der Waals surface area contributed by atoms with Crippen LogP contribution in [-0.4, -0.2) is 35.4 Å². The topological polar surface area (TPSA) is 64.5 Å². The van der Waals surface area contributed by atoms with Crippen LogP contribution in [0.1, 0.15) is 19.7 Å². The summed E-state index contributed by atoms with van der Waals surface area (Å²) in [5.74, 6) is 0.113. The molecule has 3 heterocycles. The minimum absolute atomic E-state index is 0.0484. The van der Waals surface area contributed by atoms with E-state index in [1.807, 2.05) is 24.8 Å². The van der Waals surface area contributed by atoms with Crippen molar-refractivity contribution in [3.63, 3.8) is 0 Å². The molecule has 1 fully saturated rings. The number of hydrogen-bond acceptors (Lipinski definition) is 6. The van der Waals surface area contributed by atoms with E-state index in [2.05, 4.69) is 10.1 Å². The molecule has 1 aliphatic heterocycles. The number of rotatable bonds is 2. The van der Waals surface area contributed by atoms with Crippen LogP contribution in [0.3, 0.4) is 0 Å². The van der Waals surface area contributed by atoms with Crippen LogP contribution in [-0.2, 0) is 4.74 Å². The zero-order valence-electron chi connectivity index (χ0n) is 13.7. The molecular weight excluding hydrogens is 313 g/mol. The number of aryl methyl sites for hydroxylation is 1. The second kappa shape index (κ2) is 5.59. The van der Waals surface area contributed by atoms with Gasteiger partial charge in [0.05, 0.1) is 23.3 Å². The molecule has 1 saturated heterocycles. The molecule has 2 atom stereocenters. The van der Waals surface area contributed by atoms with Crippen LogP contribution in [0.25, 0.3) is 22.4 Å². The summed E-state index contributed by atoms with van der Waals surface area (Å²) in [6.07, 6.45) is 1.59. The Bertz CT molecular complexity index is 878. The lowest BCUT2D eigenvalue weighted by Gasteiger charge is -2.36. The number of nitrogens with zero attached hydrogens (tertiary/aromatic N) is 3. The highest BCUT2D eigenvalue weighted by Gasteiger charge is 2.27. The van der Waals surface area contributed by atoms with E-state index in [-0.39, 0.29) is 17.8 Å². The minimum Gasteiger partial charge on any atom is -0.449 e. The summed E-state index contributed by atoms with van der Waals surface area (Å²) in [5, 5.41) is 4.56. The van der Waals surface area contributed by atoms with Crippen LogP contribution in [0.2, 0.25) is 0 Å². The Morgan fingerprint density at radius 2 is 1.96 bits per heavy atom. The van der Waals surface area contributed by atoms with Gasteiger partial charge in [0.1, 0.15) is 17.7 Å². The molecule has 0 spiro atoms. The highest BCUT2D eigenvalue weighted by atomic mass is 19.1. The van der Waals surface area contributed by atoms with Crippen molar-refractivity contribution in [3.05, 3.63) is 30.1 Å². The Kier molecular flexibility index (Phi) is 3.53. The van der Waals surface area contributed by atoms with Gasteiger partial charge >= 0.3 is 0 Å². The quantitative estimate of drug-likeness (QED) is 0.715. The smallest absolute Gasteiger partial charge is 0.205 e. The van der Waals surface area contributed by atoms with Crippen molar-refractivity contribution in [2.75, 3.05) is 18.0 Å². The summed E-state index contributed by atoms with van der Waals surface area (Å²) in [4.78, 5) is 6.21. The molecule has 6 nitrogen and oxygen atoms in total. The molecule has 0 bridgehead atoms. The highest BCUT2D eigenvalue weighted by molar-refractivity contribution is 5.92. The van der Waals surface area contributed by atoms with Gasteiger partial charge in [-0.05, 0) is 26.0 Å². The van der Waals surface area contributed by atoms with E-state index in [1.165, 1.54) is 6.26 Å². The van der Waals surface area contributed by atoms with Crippen LogP contribution in [0.4, 0.5) is 10.1 Å². The number of anilines is 1. The van der Waals surface area contributed by atoms with E-state index in [0.717, 1.165) is 0 Å². The van der Waals surface area contributed by atoms with Crippen molar-refractivity contribution in [1.82, 2.24) is 10.1 Å². The molecule has 2 aromatic heterocycles. The molecule has 1 aliphatic rings. The molecule has 3 aromatic rings. The fraction of sp³-hybridized carbons (Fsp3) is 0.412. The van der Waals surface area contributed by atoms with Gasteiger partial charge in [-0.3, -0.25) is 0 Å². The van der Waals surface area contributed by atoms with Gasteiger partial charge in [-0.25, -0.2) is 9.37 Å². The van der Waals surface area contributed by atoms with Crippen LogP contribution in [0, 0.1) is 12.7 Å². The first-order valence-corrected chi connectivity index (χ1v) is 7.93. The first kappa shape index (κ1) is 15.1. The van der Waals surface area contributed by atoms with Gasteiger partial charge in [-0.15, -0.1) is 0 Å². The number of aromatic nitrogens is 2. The van der Waals surface area contributed by atoms with Crippen molar-refractivity contribution < 1.29 is 18.1 Å². The van der Waals surface area contributed by atoms with Crippen molar-refractivity contribution in [2.24, 2.45) is 0 Å². The van der Waals surface area contributed by atoms with Crippen LogP contribution in [0.5, 0.6) is 0 Å². The molecule has 1 aromatic carbocycles. The lowest BCUT2D eigenvalue weighted by Crippen LogP contribution is -2.45. The number of ether oxygens (including phenoxy) is 1. The monoisotopic (exact) mass is 331 g/mol. The predicted octanol–water partition coefficient (Wildman–Crippen LogP) is 3.54. The third kappa shape index (κ3) is 2.45. The predicted molar refractivity (Wildman–Crippen MR) is 86.4 cm³/mol. The van der Waals surface area contributed by atoms with Gasteiger partial charge in [0.2, 0.25) is 5.58 Å². The first-order valence-electron chi connectivity index (χ1n) is 7.93. The second-order valence-electron chi connectivity index (χ2n) is 6.22. The zero-order valence-corrected chi connectivity index (χ0v) is 13.7. The molecule has 0 N–H and O–H groups in total. The summed E-state index contributed by atoms with van der Waals surface area (Å²) in [6.45, 7) is 6.98. The highest BCUT2D eigenvalue weighted by Crippen LogP contribution is 2.34. The third-order valence-electron chi connectivity index (χ3n) is 4.18. The van der Waals surface area contributed by atoms with Gasteiger partial charge < -0.3 is 18.6 Å². The summed E-state index contributed by atoms with van der Waals surface area (Å²) < 4.78 is 31.2. The Balaban J connectivity index is 1.76. The third-order valence-corrected chi connectivity index (χ3v) is 4.18. The molecule has 126 valence electrons. The summed E-state index contributed by atoms with van der Waals surface area (Å²) in [6, 6.07) is 3.57. The molecule has 4 rings (SSSR count). The first-order chi connectivity index (χ1) is 11.5. The molecule has 0 saturated carbocycles. The Morgan fingerprint density at radius 3 is 2.62 bits per heavy atom. The van der Waals surface area contributed by atoms with E-state index in [0.29, 0.717) is 41.4 Å². The summed E-state index contributed by atoms with van der Waals surface area (Å²) >= 11 is 0. The van der Waals surface area contributed by atoms with Crippen molar-refractivity contribution >= 4 is 16.7 Å². The Morgan fingerprint density at radius 1 is 1.21 bits per heavy atom. The average molecular weight is 331 g/mol. The summed E-state index contributed by atoms with van der Waals surface area (Å²) in [5.41, 5.74) is 1.65. The number of hydrogen-bond donors (Lipinski definition) is 0. The number of fused-ring (bicyclic) bond motifs is 1. The van der Waals surface area contributed by atoms with Gasteiger partial charge in [-0.2, -0.15) is 0 Å². The maximum Gasteiger partial charge on any atom is 0.205 e. The molecule has 7 heteroatoms. The maximum atomic E-state index is 15.0. The number of oxazole rings is 1. The largest absolute Gasteiger partial charge is 0.449 e. The molecule has 0 unspecified atom stereocenters. The van der Waals surface area contributed by atoms with Crippen molar-refractivity contribution in [2.45, 2.75) is 33.0 Å². The normalized spacial score (nSPS) is 21.6. The zero-order chi connectivity index (χ0) is 16.8. The van der Waals surface area contributed by atoms with Gasteiger partial charge in [0.25, 0.3) is 0 Å². The summed E-state index contributed by atoms with van der Waals surface area (Å²) in [7, 11) is 0. The molecule has 0 amide bonds. The van der Waals surface area contributed by atoms with E-state index >= 15 is 0 Å². The minimum atomic E-state index is -0.409. The molecule has 0 aliphatic carbocycles. The van der Waals surface area contributed by atoms with E-state index in [1.54, 1.807) is 13.0 Å². The maximum absolute atomic E-state index is 15.0. The van der Waals surface area contributed by atoms with E-state index in [9.17, 15) is 4.39 Å². The SMILES string of the molecule is Cc1nc(-c2noc3c(F)c(N4C[C@@H](C)O[C@@H](C)C4)ccc23)co1. The number of morpholine rings is 1. The average Bonchev–Trinajstić information content (AvgIpc) is 3.13. The van der Waals surface area contributed by atoms with Crippen molar-refractivity contribution in [3.8, 4) is 11.4 Å². The second-order valence-corrected chi connectivity index (χ2v) is 6.22. The van der Waals surface area contributed by atoms with Crippen molar-refractivity contribution in [1.29, 1.82) is 0 Å². The van der Waals surface area contributed by atoms with Crippen LogP contribution in [0.15, 0.2) is 27.3 Å². The van der Waals surface area contributed by atoms with Crippen LogP contribution < -0.4 is 4.90 Å². The molecule has 0 radical (unpaired) electrons. The standard InChI is InChI=1S/C17H18FN3O3/c1-9-6-21(7-10(2)23-9)14-5-4-12-16(13-8-22-11(3)19-13)20-24-17(12)15(14)18/h4-5,8-10H,6-7H2,1-3H3/t9-,10+. The fourth-order valence-corrected chi connectivity index (χ4v) is 3.24. The van der Waals surface area contributed by atoms with Gasteiger partial charge in [0.15, 0.2) is 11.7 Å². The van der Waals surface area contributed by atoms with Crippen LogP contribution >= 0.6 is 0 Å². The van der Waals surface area contributed by atoms with Gasteiger partial charge in [0, 0.05) is 20.0 Å². The number of benzene rings is 1. The Hall–Kier alpha value is -2.41. The fourth-order valence-electron chi connectivity index (χ4n) is 3.24. The Labute approximate surface area is 138 Å². The molecule has 24 heavy (non-hydrogen) atoms.